The molecule has 0 saturated heterocycles. The van der Waals surface area contributed by atoms with Crippen molar-refractivity contribution in [2.45, 2.75) is 58.5 Å². The lowest BCUT2D eigenvalue weighted by Gasteiger charge is -2.24. The Balaban J connectivity index is 2.18. The largest absolute Gasteiger partial charge is 0.385 e. The van der Waals surface area contributed by atoms with Crippen LogP contribution < -0.4 is 0 Å². The topological polar surface area (TPSA) is 20.2 Å². The molecule has 1 aliphatic rings. The summed E-state index contributed by atoms with van der Waals surface area (Å²) in [6, 6.07) is 8.60. The van der Waals surface area contributed by atoms with Gasteiger partial charge in [0.25, 0.3) is 0 Å². The Morgan fingerprint density at radius 1 is 1.39 bits per heavy atom. The van der Waals surface area contributed by atoms with Gasteiger partial charge in [-0.05, 0) is 48.6 Å². The molecule has 1 aromatic rings. The van der Waals surface area contributed by atoms with Gasteiger partial charge in [-0.2, -0.15) is 0 Å². The van der Waals surface area contributed by atoms with Gasteiger partial charge in [0.05, 0.1) is 5.60 Å². The van der Waals surface area contributed by atoms with Gasteiger partial charge in [-0.25, -0.2) is 0 Å². The van der Waals surface area contributed by atoms with Crippen LogP contribution in [0.25, 0.3) is 0 Å². The van der Waals surface area contributed by atoms with E-state index in [1.807, 2.05) is 0 Å². The van der Waals surface area contributed by atoms with Gasteiger partial charge in [-0.3, -0.25) is 0 Å². The zero-order valence-corrected chi connectivity index (χ0v) is 11.9. The third-order valence-electron chi connectivity index (χ3n) is 4.28. The standard InChI is InChI=1S/C17H26O/c1-4-14-8-9-17(18,12-14)16-7-5-6-15(11-16)10-13(2)3/h5-7,11,13-14,18H,4,8-10,12H2,1-3H3. The fraction of sp³-hybridized carbons (Fsp3) is 0.647. The fourth-order valence-corrected chi connectivity index (χ4v) is 3.19. The molecule has 1 aromatic carbocycles. The molecule has 1 N–H and O–H groups in total. The van der Waals surface area contributed by atoms with Gasteiger partial charge < -0.3 is 5.11 Å². The van der Waals surface area contributed by atoms with Crippen molar-refractivity contribution in [1.82, 2.24) is 0 Å². The van der Waals surface area contributed by atoms with E-state index in [4.69, 9.17) is 0 Å². The molecular formula is C17H26O. The molecule has 1 saturated carbocycles. The smallest absolute Gasteiger partial charge is 0.0899 e. The molecule has 100 valence electrons. The van der Waals surface area contributed by atoms with E-state index in [2.05, 4.69) is 45.0 Å². The Morgan fingerprint density at radius 2 is 2.17 bits per heavy atom. The van der Waals surface area contributed by atoms with Gasteiger partial charge >= 0.3 is 0 Å². The van der Waals surface area contributed by atoms with E-state index in [0.717, 1.165) is 24.8 Å². The van der Waals surface area contributed by atoms with Gasteiger partial charge in [-0.15, -0.1) is 0 Å². The third kappa shape index (κ3) is 2.95. The van der Waals surface area contributed by atoms with Crippen molar-refractivity contribution >= 4 is 0 Å². The lowest BCUT2D eigenvalue weighted by atomic mass is 9.88. The SMILES string of the molecule is CCC1CCC(O)(c2cccc(CC(C)C)c2)C1. The summed E-state index contributed by atoms with van der Waals surface area (Å²) < 4.78 is 0. The van der Waals surface area contributed by atoms with E-state index in [-0.39, 0.29) is 0 Å². The average Bonchev–Trinajstić information content (AvgIpc) is 2.72. The molecule has 0 aliphatic heterocycles. The van der Waals surface area contributed by atoms with E-state index in [0.29, 0.717) is 11.8 Å². The number of hydrogen-bond acceptors (Lipinski definition) is 1. The van der Waals surface area contributed by atoms with Crippen molar-refractivity contribution in [3.63, 3.8) is 0 Å². The monoisotopic (exact) mass is 246 g/mol. The molecule has 0 aromatic heterocycles. The highest BCUT2D eigenvalue weighted by molar-refractivity contribution is 5.29. The second-order valence-corrected chi connectivity index (χ2v) is 6.35. The minimum atomic E-state index is -0.562. The van der Waals surface area contributed by atoms with Crippen molar-refractivity contribution in [3.05, 3.63) is 35.4 Å². The van der Waals surface area contributed by atoms with Crippen molar-refractivity contribution in [3.8, 4) is 0 Å². The van der Waals surface area contributed by atoms with E-state index >= 15 is 0 Å². The summed E-state index contributed by atoms with van der Waals surface area (Å²) in [7, 11) is 0. The molecule has 2 atom stereocenters. The highest BCUT2D eigenvalue weighted by atomic mass is 16.3. The number of benzene rings is 1. The first-order valence-electron chi connectivity index (χ1n) is 7.35. The van der Waals surface area contributed by atoms with Crippen molar-refractivity contribution in [1.29, 1.82) is 0 Å². The molecule has 0 heterocycles. The van der Waals surface area contributed by atoms with Crippen LogP contribution in [-0.4, -0.2) is 5.11 Å². The van der Waals surface area contributed by atoms with Gasteiger partial charge in [0.1, 0.15) is 0 Å². The van der Waals surface area contributed by atoms with Crippen LogP contribution >= 0.6 is 0 Å². The summed E-state index contributed by atoms with van der Waals surface area (Å²) in [5, 5.41) is 10.8. The molecule has 1 fully saturated rings. The lowest BCUT2D eigenvalue weighted by Crippen LogP contribution is -2.22. The molecule has 0 bridgehead atoms. The van der Waals surface area contributed by atoms with Crippen LogP contribution in [0.2, 0.25) is 0 Å². The Hall–Kier alpha value is -0.820. The second-order valence-electron chi connectivity index (χ2n) is 6.35. The second kappa shape index (κ2) is 5.44. The van der Waals surface area contributed by atoms with E-state index in [1.54, 1.807) is 0 Å². The van der Waals surface area contributed by atoms with E-state index in [9.17, 15) is 5.11 Å². The maximum absolute atomic E-state index is 10.8. The molecule has 2 rings (SSSR count). The zero-order chi connectivity index (χ0) is 13.2. The van der Waals surface area contributed by atoms with Gasteiger partial charge in [0.2, 0.25) is 0 Å². The normalized spacial score (nSPS) is 27.9. The Labute approximate surface area is 111 Å². The van der Waals surface area contributed by atoms with Crippen LogP contribution in [-0.2, 0) is 12.0 Å². The van der Waals surface area contributed by atoms with Crippen molar-refractivity contribution in [2.24, 2.45) is 11.8 Å². The first-order chi connectivity index (χ1) is 8.53. The summed E-state index contributed by atoms with van der Waals surface area (Å²) >= 11 is 0. The Kier molecular flexibility index (Phi) is 4.11. The highest BCUT2D eigenvalue weighted by Crippen LogP contribution is 2.43. The quantitative estimate of drug-likeness (QED) is 0.840. The molecule has 18 heavy (non-hydrogen) atoms. The molecular weight excluding hydrogens is 220 g/mol. The first kappa shape index (κ1) is 13.6. The Morgan fingerprint density at radius 3 is 2.78 bits per heavy atom. The maximum atomic E-state index is 10.8. The summed E-state index contributed by atoms with van der Waals surface area (Å²) in [4.78, 5) is 0. The van der Waals surface area contributed by atoms with E-state index < -0.39 is 5.60 Å². The average molecular weight is 246 g/mol. The van der Waals surface area contributed by atoms with Crippen LogP contribution in [0.5, 0.6) is 0 Å². The van der Waals surface area contributed by atoms with Crippen LogP contribution in [0.1, 0.15) is 57.6 Å². The highest BCUT2D eigenvalue weighted by Gasteiger charge is 2.37. The number of hydrogen-bond donors (Lipinski definition) is 1. The van der Waals surface area contributed by atoms with Gasteiger partial charge in [0.15, 0.2) is 0 Å². The van der Waals surface area contributed by atoms with Crippen LogP contribution in [0.15, 0.2) is 24.3 Å². The molecule has 0 radical (unpaired) electrons. The predicted molar refractivity (Wildman–Crippen MR) is 76.5 cm³/mol. The summed E-state index contributed by atoms with van der Waals surface area (Å²) in [6.45, 7) is 6.71. The maximum Gasteiger partial charge on any atom is 0.0899 e. The number of rotatable bonds is 4. The van der Waals surface area contributed by atoms with Crippen LogP contribution in [0.3, 0.4) is 0 Å². The molecule has 0 spiro atoms. The minimum Gasteiger partial charge on any atom is -0.385 e. The zero-order valence-electron chi connectivity index (χ0n) is 11.9. The molecule has 0 amide bonds. The fourth-order valence-electron chi connectivity index (χ4n) is 3.19. The molecule has 1 nitrogen and oxygen atoms in total. The lowest BCUT2D eigenvalue weighted by molar-refractivity contribution is 0.0397. The van der Waals surface area contributed by atoms with Crippen LogP contribution in [0.4, 0.5) is 0 Å². The van der Waals surface area contributed by atoms with E-state index in [1.165, 1.54) is 18.4 Å². The summed E-state index contributed by atoms with van der Waals surface area (Å²) in [5.41, 5.74) is 1.93. The third-order valence-corrected chi connectivity index (χ3v) is 4.28. The van der Waals surface area contributed by atoms with Crippen LogP contribution in [0, 0.1) is 11.8 Å². The predicted octanol–water partition coefficient (Wildman–Crippen LogP) is 4.28. The van der Waals surface area contributed by atoms with Crippen molar-refractivity contribution < 1.29 is 5.11 Å². The Bertz CT molecular complexity index is 396. The molecule has 2 unspecified atom stereocenters. The number of aliphatic hydroxyl groups is 1. The van der Waals surface area contributed by atoms with Crippen molar-refractivity contribution in [2.75, 3.05) is 0 Å². The summed E-state index contributed by atoms with van der Waals surface area (Å²) in [6.07, 6.45) is 5.32. The van der Waals surface area contributed by atoms with Gasteiger partial charge in [0, 0.05) is 0 Å². The first-order valence-corrected chi connectivity index (χ1v) is 7.35. The van der Waals surface area contributed by atoms with Gasteiger partial charge in [-0.1, -0.05) is 51.5 Å². The summed E-state index contributed by atoms with van der Waals surface area (Å²) in [5.74, 6) is 1.37. The minimum absolute atomic E-state index is 0.562. The molecule has 1 heteroatoms. The molecule has 1 aliphatic carbocycles.